The molecule has 1 saturated heterocycles. The van der Waals surface area contributed by atoms with Crippen molar-refractivity contribution in [1.29, 1.82) is 0 Å². The second kappa shape index (κ2) is 7.99. The minimum Gasteiger partial charge on any atom is -0.324 e. The first-order valence-corrected chi connectivity index (χ1v) is 8.92. The second-order valence-corrected chi connectivity index (χ2v) is 6.56. The SMILES string of the molecule is Cc1ccc(C(=O)N(C(=O)N2CCCCC2)c2ccccc2)cc1[N+](=O)[O-]. The fraction of sp³-hybridized carbons (Fsp3) is 0.300. The number of carbonyl (C=O) groups is 2. The first-order chi connectivity index (χ1) is 13.0. The van der Waals surface area contributed by atoms with Gasteiger partial charge in [-0.2, -0.15) is 0 Å². The van der Waals surface area contributed by atoms with Crippen molar-refractivity contribution in [1.82, 2.24) is 4.90 Å². The number of urea groups is 1. The van der Waals surface area contributed by atoms with Crippen molar-refractivity contribution in [2.75, 3.05) is 18.0 Å². The summed E-state index contributed by atoms with van der Waals surface area (Å²) in [6.45, 7) is 2.81. The summed E-state index contributed by atoms with van der Waals surface area (Å²) in [6, 6.07) is 12.5. The Morgan fingerprint density at radius 3 is 2.33 bits per heavy atom. The lowest BCUT2D eigenvalue weighted by Crippen LogP contribution is -2.48. The Labute approximate surface area is 157 Å². The molecule has 7 heteroatoms. The smallest absolute Gasteiger partial charge is 0.324 e. The quantitative estimate of drug-likeness (QED) is 0.602. The average molecular weight is 367 g/mol. The van der Waals surface area contributed by atoms with Gasteiger partial charge in [-0.25, -0.2) is 9.69 Å². The lowest BCUT2D eigenvalue weighted by atomic mass is 10.1. The van der Waals surface area contributed by atoms with Crippen LogP contribution in [0.2, 0.25) is 0 Å². The first-order valence-electron chi connectivity index (χ1n) is 8.92. The molecule has 27 heavy (non-hydrogen) atoms. The number of hydrogen-bond acceptors (Lipinski definition) is 4. The van der Waals surface area contributed by atoms with E-state index in [-0.39, 0.29) is 11.3 Å². The molecule has 1 aliphatic rings. The Bertz CT molecular complexity index is 861. The molecule has 1 aliphatic heterocycles. The molecule has 0 atom stereocenters. The fourth-order valence-electron chi connectivity index (χ4n) is 3.19. The second-order valence-electron chi connectivity index (χ2n) is 6.56. The lowest BCUT2D eigenvalue weighted by Gasteiger charge is -2.32. The van der Waals surface area contributed by atoms with Gasteiger partial charge in [0.1, 0.15) is 0 Å². The molecule has 3 rings (SSSR count). The van der Waals surface area contributed by atoms with Crippen LogP contribution in [0.5, 0.6) is 0 Å². The number of aryl methyl sites for hydroxylation is 1. The van der Waals surface area contributed by atoms with Crippen LogP contribution in [0.3, 0.4) is 0 Å². The summed E-state index contributed by atoms with van der Waals surface area (Å²) < 4.78 is 0. The van der Waals surface area contributed by atoms with E-state index in [9.17, 15) is 19.7 Å². The Balaban J connectivity index is 2.00. The summed E-state index contributed by atoms with van der Waals surface area (Å²) in [5.41, 5.74) is 0.882. The number of nitro groups is 1. The van der Waals surface area contributed by atoms with Crippen molar-refractivity contribution in [3.63, 3.8) is 0 Å². The van der Waals surface area contributed by atoms with Crippen molar-refractivity contribution in [3.05, 3.63) is 69.8 Å². The Kier molecular flexibility index (Phi) is 5.49. The maximum absolute atomic E-state index is 13.2. The van der Waals surface area contributed by atoms with Crippen LogP contribution in [0.1, 0.15) is 35.2 Å². The predicted molar refractivity (Wildman–Crippen MR) is 102 cm³/mol. The van der Waals surface area contributed by atoms with Crippen LogP contribution in [0, 0.1) is 17.0 Å². The minimum atomic E-state index is -0.570. The molecule has 0 aromatic heterocycles. The molecule has 3 amide bonds. The van der Waals surface area contributed by atoms with Crippen LogP contribution in [0.25, 0.3) is 0 Å². The number of likely N-dealkylation sites (tertiary alicyclic amines) is 1. The molecule has 140 valence electrons. The van der Waals surface area contributed by atoms with Crippen LogP contribution in [-0.2, 0) is 0 Å². The van der Waals surface area contributed by atoms with Gasteiger partial charge in [0.25, 0.3) is 11.6 Å². The lowest BCUT2D eigenvalue weighted by molar-refractivity contribution is -0.385. The Morgan fingerprint density at radius 1 is 1.04 bits per heavy atom. The molecule has 0 saturated carbocycles. The van der Waals surface area contributed by atoms with Gasteiger partial charge in [-0.15, -0.1) is 0 Å². The number of anilines is 1. The summed E-state index contributed by atoms with van der Waals surface area (Å²) in [5, 5.41) is 11.2. The van der Waals surface area contributed by atoms with Gasteiger partial charge in [-0.3, -0.25) is 14.9 Å². The largest absolute Gasteiger partial charge is 0.331 e. The summed E-state index contributed by atoms with van der Waals surface area (Å²) in [5.74, 6) is -0.570. The van der Waals surface area contributed by atoms with Gasteiger partial charge in [0.15, 0.2) is 0 Å². The van der Waals surface area contributed by atoms with Gasteiger partial charge in [-0.1, -0.05) is 24.3 Å². The van der Waals surface area contributed by atoms with E-state index < -0.39 is 16.9 Å². The standard InChI is InChI=1S/C20H21N3O4/c1-15-10-11-16(14-18(15)23(26)27)19(24)22(17-8-4-2-5-9-17)20(25)21-12-6-3-7-13-21/h2,4-5,8-11,14H,3,6-7,12-13H2,1H3. The van der Waals surface area contributed by atoms with E-state index in [0.29, 0.717) is 24.3 Å². The highest BCUT2D eigenvalue weighted by Gasteiger charge is 2.30. The van der Waals surface area contributed by atoms with Crippen LogP contribution < -0.4 is 4.90 Å². The minimum absolute atomic E-state index is 0.113. The number of amides is 3. The van der Waals surface area contributed by atoms with Crippen LogP contribution >= 0.6 is 0 Å². The van der Waals surface area contributed by atoms with E-state index in [0.717, 1.165) is 24.2 Å². The number of benzene rings is 2. The number of para-hydroxylation sites is 1. The Morgan fingerprint density at radius 2 is 1.70 bits per heavy atom. The van der Waals surface area contributed by atoms with Gasteiger partial charge in [0.05, 0.1) is 10.6 Å². The van der Waals surface area contributed by atoms with Crippen molar-refractivity contribution < 1.29 is 14.5 Å². The van der Waals surface area contributed by atoms with Gasteiger partial charge in [0, 0.05) is 30.3 Å². The van der Waals surface area contributed by atoms with Gasteiger partial charge >= 0.3 is 6.03 Å². The van der Waals surface area contributed by atoms with Gasteiger partial charge in [0.2, 0.25) is 0 Å². The van der Waals surface area contributed by atoms with E-state index in [1.165, 1.54) is 18.2 Å². The average Bonchev–Trinajstić information content (AvgIpc) is 2.69. The van der Waals surface area contributed by atoms with Crippen molar-refractivity contribution in [2.24, 2.45) is 0 Å². The summed E-state index contributed by atoms with van der Waals surface area (Å²) in [4.78, 5) is 39.7. The highest BCUT2D eigenvalue weighted by molar-refractivity contribution is 6.20. The third kappa shape index (κ3) is 3.97. The summed E-state index contributed by atoms with van der Waals surface area (Å²) in [6.07, 6.45) is 2.87. The van der Waals surface area contributed by atoms with E-state index >= 15 is 0 Å². The zero-order valence-corrected chi connectivity index (χ0v) is 15.1. The maximum atomic E-state index is 13.2. The summed E-state index contributed by atoms with van der Waals surface area (Å²) in [7, 11) is 0. The van der Waals surface area contributed by atoms with Gasteiger partial charge in [-0.05, 0) is 44.4 Å². The van der Waals surface area contributed by atoms with Crippen molar-refractivity contribution in [2.45, 2.75) is 26.2 Å². The topological polar surface area (TPSA) is 83.8 Å². The van der Waals surface area contributed by atoms with Crippen LogP contribution in [0.15, 0.2) is 48.5 Å². The number of imide groups is 1. The van der Waals surface area contributed by atoms with Crippen molar-refractivity contribution in [3.8, 4) is 0 Å². The highest BCUT2D eigenvalue weighted by atomic mass is 16.6. The van der Waals surface area contributed by atoms with Gasteiger partial charge < -0.3 is 4.90 Å². The maximum Gasteiger partial charge on any atom is 0.331 e. The molecule has 0 unspecified atom stereocenters. The van der Waals surface area contributed by atoms with E-state index in [1.54, 1.807) is 42.2 Å². The molecular weight excluding hydrogens is 346 g/mol. The predicted octanol–water partition coefficient (Wildman–Crippen LogP) is 4.16. The zero-order valence-electron chi connectivity index (χ0n) is 15.1. The molecule has 0 spiro atoms. The first kappa shape index (κ1) is 18.6. The van der Waals surface area contributed by atoms with Crippen LogP contribution in [-0.4, -0.2) is 34.9 Å². The van der Waals surface area contributed by atoms with Crippen molar-refractivity contribution >= 4 is 23.3 Å². The molecule has 1 heterocycles. The fourth-order valence-corrected chi connectivity index (χ4v) is 3.19. The van der Waals surface area contributed by atoms with Crippen LogP contribution in [0.4, 0.5) is 16.2 Å². The number of rotatable bonds is 3. The Hall–Kier alpha value is -3.22. The molecule has 0 bridgehead atoms. The number of nitrogens with zero attached hydrogens (tertiary/aromatic N) is 3. The zero-order chi connectivity index (χ0) is 19.4. The summed E-state index contributed by atoms with van der Waals surface area (Å²) >= 11 is 0. The molecule has 0 radical (unpaired) electrons. The molecule has 0 aliphatic carbocycles. The van der Waals surface area contributed by atoms with E-state index in [1.807, 2.05) is 0 Å². The molecule has 1 fully saturated rings. The molecule has 0 N–H and O–H groups in total. The molecular formula is C20H21N3O4. The third-order valence-corrected chi connectivity index (χ3v) is 4.69. The number of carbonyl (C=O) groups excluding carboxylic acids is 2. The number of hydrogen-bond donors (Lipinski definition) is 0. The molecule has 2 aromatic carbocycles. The van der Waals surface area contributed by atoms with E-state index in [2.05, 4.69) is 0 Å². The molecule has 2 aromatic rings. The highest BCUT2D eigenvalue weighted by Crippen LogP contribution is 2.24. The molecule has 7 nitrogen and oxygen atoms in total. The monoisotopic (exact) mass is 367 g/mol. The number of nitro benzene ring substituents is 1. The van der Waals surface area contributed by atoms with E-state index in [4.69, 9.17) is 0 Å². The normalized spacial score (nSPS) is 13.9. The third-order valence-electron chi connectivity index (χ3n) is 4.69. The number of piperidine rings is 1.